The van der Waals surface area contributed by atoms with Gasteiger partial charge in [0.25, 0.3) is 0 Å². The molecule has 2 aliphatic rings. The van der Waals surface area contributed by atoms with E-state index in [-0.39, 0.29) is 0 Å². The lowest BCUT2D eigenvalue weighted by Gasteiger charge is -2.27. The van der Waals surface area contributed by atoms with Crippen LogP contribution in [0.25, 0.3) is 0 Å². The summed E-state index contributed by atoms with van der Waals surface area (Å²) in [5, 5.41) is 10.2. The van der Waals surface area contributed by atoms with Gasteiger partial charge in [0, 0.05) is 58.4 Å². The summed E-state index contributed by atoms with van der Waals surface area (Å²) in [7, 11) is 0. The van der Waals surface area contributed by atoms with Crippen LogP contribution in [0.3, 0.4) is 0 Å². The minimum absolute atomic E-state index is 0.500. The van der Waals surface area contributed by atoms with E-state index in [0.29, 0.717) is 6.04 Å². The molecule has 0 spiro atoms. The molecule has 0 amide bonds. The molecule has 1 unspecified atom stereocenters. The van der Waals surface area contributed by atoms with Crippen molar-refractivity contribution < 1.29 is 0 Å². The minimum Gasteiger partial charge on any atom is -0.314 e. The fourth-order valence-electron chi connectivity index (χ4n) is 3.29. The predicted molar refractivity (Wildman–Crippen MR) is 105 cm³/mol. The van der Waals surface area contributed by atoms with E-state index in [1.165, 1.54) is 24.2 Å². The van der Waals surface area contributed by atoms with Crippen LogP contribution in [-0.2, 0) is 6.54 Å². The van der Waals surface area contributed by atoms with Crippen molar-refractivity contribution >= 4 is 0 Å². The number of rotatable bonds is 3. The van der Waals surface area contributed by atoms with Gasteiger partial charge >= 0.3 is 0 Å². The second-order valence-electron chi connectivity index (χ2n) is 6.63. The van der Waals surface area contributed by atoms with E-state index in [1.54, 1.807) is 0 Å². The Bertz CT molecular complexity index is 575. The Labute approximate surface area is 151 Å². The molecule has 0 saturated carbocycles. The number of hydrogen-bond acceptors (Lipinski definition) is 4. The molecule has 2 aliphatic heterocycles. The second-order valence-corrected chi connectivity index (χ2v) is 6.63. The van der Waals surface area contributed by atoms with E-state index in [4.69, 9.17) is 0 Å². The Balaban J connectivity index is 0.000000146. The van der Waals surface area contributed by atoms with Gasteiger partial charge in [0.1, 0.15) is 0 Å². The molecule has 2 aromatic rings. The van der Waals surface area contributed by atoms with E-state index >= 15 is 0 Å². The van der Waals surface area contributed by atoms with E-state index < -0.39 is 0 Å². The molecule has 2 aromatic carbocycles. The van der Waals surface area contributed by atoms with Crippen LogP contribution in [0.4, 0.5) is 0 Å². The maximum Gasteiger partial charge on any atom is 0.0447 e. The van der Waals surface area contributed by atoms with Gasteiger partial charge in [-0.2, -0.15) is 0 Å². The molecule has 0 radical (unpaired) electrons. The summed E-state index contributed by atoms with van der Waals surface area (Å²) in [4.78, 5) is 2.49. The van der Waals surface area contributed by atoms with Crippen LogP contribution in [0, 0.1) is 0 Å². The van der Waals surface area contributed by atoms with Crippen molar-refractivity contribution in [3.05, 3.63) is 71.8 Å². The quantitative estimate of drug-likeness (QED) is 0.801. The highest BCUT2D eigenvalue weighted by Crippen LogP contribution is 2.12. The standard InChI is InChI=1S/C11H16N2.C10H14N2/c1-2-4-11(5-3-1)10-13-8-6-12-7-9-13;1-2-4-9(5-3-1)10-8-11-6-7-12-10/h1-5,12H,6-10H2;1-5,10-12H,6-8H2. The molecule has 1 atom stereocenters. The van der Waals surface area contributed by atoms with Gasteiger partial charge in [-0.15, -0.1) is 0 Å². The first-order valence-corrected chi connectivity index (χ1v) is 9.38. The van der Waals surface area contributed by atoms with E-state index in [1.807, 2.05) is 0 Å². The van der Waals surface area contributed by atoms with E-state index in [2.05, 4.69) is 81.5 Å². The lowest BCUT2D eigenvalue weighted by atomic mass is 10.1. The highest BCUT2D eigenvalue weighted by Gasteiger charge is 2.12. The van der Waals surface area contributed by atoms with Gasteiger partial charge in [-0.3, -0.25) is 4.90 Å². The first-order chi connectivity index (χ1) is 12.4. The maximum absolute atomic E-state index is 3.47. The fourth-order valence-corrected chi connectivity index (χ4v) is 3.29. The third-order valence-electron chi connectivity index (χ3n) is 4.70. The molecule has 0 aliphatic carbocycles. The highest BCUT2D eigenvalue weighted by molar-refractivity contribution is 5.19. The summed E-state index contributed by atoms with van der Waals surface area (Å²) >= 11 is 0. The molecule has 25 heavy (non-hydrogen) atoms. The van der Waals surface area contributed by atoms with Crippen LogP contribution in [0.5, 0.6) is 0 Å². The highest BCUT2D eigenvalue weighted by atomic mass is 15.2. The van der Waals surface area contributed by atoms with Crippen molar-refractivity contribution in [2.75, 3.05) is 45.8 Å². The normalized spacial score (nSPS) is 21.2. The number of piperazine rings is 2. The van der Waals surface area contributed by atoms with Crippen molar-refractivity contribution in [1.82, 2.24) is 20.9 Å². The number of benzene rings is 2. The minimum atomic E-state index is 0.500. The average Bonchev–Trinajstić information content (AvgIpc) is 2.71. The number of nitrogens with zero attached hydrogens (tertiary/aromatic N) is 1. The zero-order valence-electron chi connectivity index (χ0n) is 15.0. The Morgan fingerprint density at radius 2 is 1.44 bits per heavy atom. The smallest absolute Gasteiger partial charge is 0.0447 e. The van der Waals surface area contributed by atoms with Crippen molar-refractivity contribution in [1.29, 1.82) is 0 Å². The molecule has 4 heteroatoms. The molecule has 2 saturated heterocycles. The lowest BCUT2D eigenvalue weighted by molar-refractivity contribution is 0.233. The molecule has 4 nitrogen and oxygen atoms in total. The third-order valence-corrected chi connectivity index (χ3v) is 4.70. The van der Waals surface area contributed by atoms with Gasteiger partial charge in [0.2, 0.25) is 0 Å². The molecular weight excluding hydrogens is 308 g/mol. The van der Waals surface area contributed by atoms with Gasteiger partial charge in [-0.1, -0.05) is 60.7 Å². The van der Waals surface area contributed by atoms with E-state index in [0.717, 1.165) is 39.3 Å². The molecule has 2 fully saturated rings. The zero-order chi connectivity index (χ0) is 17.2. The molecular formula is C21H30N4. The topological polar surface area (TPSA) is 39.3 Å². The molecule has 134 valence electrons. The van der Waals surface area contributed by atoms with Gasteiger partial charge in [-0.05, 0) is 11.1 Å². The van der Waals surface area contributed by atoms with Gasteiger partial charge in [-0.25, -0.2) is 0 Å². The summed E-state index contributed by atoms with van der Waals surface area (Å²) < 4.78 is 0. The van der Waals surface area contributed by atoms with Crippen molar-refractivity contribution in [2.45, 2.75) is 12.6 Å². The predicted octanol–water partition coefficient (Wildman–Crippen LogP) is 2.01. The lowest BCUT2D eigenvalue weighted by Crippen LogP contribution is -2.42. The summed E-state index contributed by atoms with van der Waals surface area (Å²) in [6.45, 7) is 8.92. The van der Waals surface area contributed by atoms with Crippen molar-refractivity contribution in [3.8, 4) is 0 Å². The Hall–Kier alpha value is -1.72. The molecule has 0 bridgehead atoms. The Morgan fingerprint density at radius 1 is 0.760 bits per heavy atom. The molecule has 4 rings (SSSR count). The van der Waals surface area contributed by atoms with Gasteiger partial charge < -0.3 is 16.0 Å². The van der Waals surface area contributed by atoms with Crippen molar-refractivity contribution in [2.24, 2.45) is 0 Å². The van der Waals surface area contributed by atoms with Gasteiger partial charge in [0.15, 0.2) is 0 Å². The first kappa shape index (κ1) is 18.1. The maximum atomic E-state index is 3.47. The zero-order valence-corrected chi connectivity index (χ0v) is 15.0. The van der Waals surface area contributed by atoms with Crippen LogP contribution in [0.15, 0.2) is 60.7 Å². The monoisotopic (exact) mass is 338 g/mol. The third kappa shape index (κ3) is 6.25. The Morgan fingerprint density at radius 3 is 2.08 bits per heavy atom. The summed E-state index contributed by atoms with van der Waals surface area (Å²) in [5.41, 5.74) is 2.80. The number of hydrogen-bond donors (Lipinski definition) is 3. The van der Waals surface area contributed by atoms with Crippen LogP contribution in [0.2, 0.25) is 0 Å². The summed E-state index contributed by atoms with van der Waals surface area (Å²) in [6, 6.07) is 21.8. The fraction of sp³-hybridized carbons (Fsp3) is 0.429. The van der Waals surface area contributed by atoms with Crippen LogP contribution in [0.1, 0.15) is 17.2 Å². The SMILES string of the molecule is c1ccc(C2CNCCN2)cc1.c1ccc(CN2CCNCC2)cc1. The molecule has 3 N–H and O–H groups in total. The van der Waals surface area contributed by atoms with Crippen molar-refractivity contribution in [3.63, 3.8) is 0 Å². The van der Waals surface area contributed by atoms with Gasteiger partial charge in [0.05, 0.1) is 0 Å². The second kappa shape index (κ2) is 10.3. The van der Waals surface area contributed by atoms with Crippen LogP contribution in [-0.4, -0.2) is 50.7 Å². The van der Waals surface area contributed by atoms with Crippen LogP contribution >= 0.6 is 0 Å². The van der Waals surface area contributed by atoms with E-state index in [9.17, 15) is 0 Å². The largest absolute Gasteiger partial charge is 0.314 e. The molecule has 2 heterocycles. The summed E-state index contributed by atoms with van der Waals surface area (Å²) in [6.07, 6.45) is 0. The van der Waals surface area contributed by atoms with Crippen LogP contribution < -0.4 is 16.0 Å². The Kier molecular flexibility index (Phi) is 7.46. The average molecular weight is 338 g/mol. The molecule has 0 aromatic heterocycles. The number of nitrogens with one attached hydrogen (secondary N) is 3. The first-order valence-electron chi connectivity index (χ1n) is 9.38. The summed E-state index contributed by atoms with van der Waals surface area (Å²) in [5.74, 6) is 0.